The Balaban J connectivity index is 4.05. The van der Waals surface area contributed by atoms with Gasteiger partial charge >= 0.3 is 12.1 Å². The Hall–Kier alpha value is -1.33. The molecule has 0 atom stereocenters. The van der Waals surface area contributed by atoms with Gasteiger partial charge in [0.05, 0.1) is 0 Å². The molecular weight excluding hydrogens is 181 g/mol. The van der Waals surface area contributed by atoms with Gasteiger partial charge in [0, 0.05) is 0 Å². The van der Waals surface area contributed by atoms with E-state index in [1.807, 2.05) is 0 Å². The molecule has 0 aromatic carbocycles. The second kappa shape index (κ2) is 4.06. The van der Waals surface area contributed by atoms with Crippen LogP contribution >= 0.6 is 0 Å². The molecule has 0 saturated heterocycles. The van der Waals surface area contributed by atoms with Crippen LogP contribution in [0.4, 0.5) is 9.28 Å². The molecule has 0 fully saturated rings. The summed E-state index contributed by atoms with van der Waals surface area (Å²) in [5, 5.41) is 7.65. The Morgan fingerprint density at radius 3 is 2.23 bits per heavy atom. The van der Waals surface area contributed by atoms with Crippen molar-refractivity contribution in [3.63, 3.8) is 0 Å². The molecule has 0 aromatic rings. The summed E-state index contributed by atoms with van der Waals surface area (Å²) in [5.41, 5.74) is -0.833. The minimum absolute atomic E-state index is 0.492. The van der Waals surface area contributed by atoms with Crippen LogP contribution in [-0.4, -0.2) is 34.4 Å². The number of carbonyl (C=O) groups excluding carboxylic acids is 1. The van der Waals surface area contributed by atoms with Gasteiger partial charge in [-0.1, -0.05) is 4.48 Å². The van der Waals surface area contributed by atoms with Crippen molar-refractivity contribution in [2.75, 3.05) is 6.54 Å². The van der Waals surface area contributed by atoms with E-state index in [0.717, 1.165) is 0 Å². The topological polar surface area (TPSA) is 66.8 Å². The first kappa shape index (κ1) is 11.7. The Morgan fingerprint density at radius 1 is 1.46 bits per heavy atom. The third kappa shape index (κ3) is 5.89. The number of nitrogens with zero attached hydrogens (tertiary/aromatic N) is 1. The van der Waals surface area contributed by atoms with E-state index < -0.39 is 29.3 Å². The number of aliphatic carboxylic acids is 1. The van der Waals surface area contributed by atoms with Crippen LogP contribution in [0.2, 0.25) is 0 Å². The van der Waals surface area contributed by atoms with E-state index >= 15 is 0 Å². The SMILES string of the molecule is CC(C)(C)OC(=O)N(F)CC(=O)O. The highest BCUT2D eigenvalue weighted by Gasteiger charge is 2.23. The number of amides is 1. The van der Waals surface area contributed by atoms with E-state index in [2.05, 4.69) is 4.74 Å². The fourth-order valence-electron chi connectivity index (χ4n) is 0.495. The summed E-state index contributed by atoms with van der Waals surface area (Å²) in [4.78, 5) is 20.7. The molecule has 0 saturated carbocycles. The summed E-state index contributed by atoms with van der Waals surface area (Å²) in [6, 6.07) is 0. The standard InChI is InChI=1S/C7H12FNO4/c1-7(2,3)13-6(12)9(8)4-5(10)11/h4H2,1-3H3,(H,10,11). The second-order valence-electron chi connectivity index (χ2n) is 3.39. The van der Waals surface area contributed by atoms with E-state index in [-0.39, 0.29) is 0 Å². The molecule has 0 radical (unpaired) electrons. The smallest absolute Gasteiger partial charge is 0.439 e. The number of halogens is 1. The van der Waals surface area contributed by atoms with Crippen molar-refractivity contribution in [3.05, 3.63) is 0 Å². The third-order valence-corrected chi connectivity index (χ3v) is 0.866. The highest BCUT2D eigenvalue weighted by molar-refractivity contribution is 5.75. The van der Waals surface area contributed by atoms with Gasteiger partial charge in [0.15, 0.2) is 6.54 Å². The van der Waals surface area contributed by atoms with E-state index in [9.17, 15) is 14.1 Å². The van der Waals surface area contributed by atoms with Crippen molar-refractivity contribution in [3.8, 4) is 0 Å². The van der Waals surface area contributed by atoms with E-state index in [4.69, 9.17) is 5.11 Å². The van der Waals surface area contributed by atoms with Crippen LogP contribution in [0, 0.1) is 0 Å². The zero-order chi connectivity index (χ0) is 10.6. The Morgan fingerprint density at radius 2 is 1.92 bits per heavy atom. The minimum atomic E-state index is -1.44. The van der Waals surface area contributed by atoms with Crippen molar-refractivity contribution < 1.29 is 23.9 Å². The van der Waals surface area contributed by atoms with Crippen molar-refractivity contribution in [2.45, 2.75) is 26.4 Å². The molecule has 0 bridgehead atoms. The van der Waals surface area contributed by atoms with Gasteiger partial charge < -0.3 is 9.84 Å². The number of hydrogen-bond donors (Lipinski definition) is 1. The number of rotatable bonds is 2. The third-order valence-electron chi connectivity index (χ3n) is 0.866. The first-order valence-corrected chi connectivity index (χ1v) is 3.60. The molecule has 0 aliphatic carbocycles. The van der Waals surface area contributed by atoms with Crippen LogP contribution in [-0.2, 0) is 9.53 Å². The number of hydrogen-bond acceptors (Lipinski definition) is 3. The van der Waals surface area contributed by atoms with Gasteiger partial charge in [0.25, 0.3) is 0 Å². The highest BCUT2D eigenvalue weighted by atomic mass is 19.2. The van der Waals surface area contributed by atoms with Gasteiger partial charge in [-0.3, -0.25) is 4.79 Å². The maximum atomic E-state index is 12.6. The summed E-state index contributed by atoms with van der Waals surface area (Å²) >= 11 is 0. The van der Waals surface area contributed by atoms with Gasteiger partial charge in [-0.05, 0) is 20.8 Å². The molecule has 76 valence electrons. The summed E-state index contributed by atoms with van der Waals surface area (Å²) in [6.07, 6.45) is -1.30. The van der Waals surface area contributed by atoms with Crippen molar-refractivity contribution in [2.24, 2.45) is 0 Å². The zero-order valence-corrected chi connectivity index (χ0v) is 7.70. The van der Waals surface area contributed by atoms with Crippen molar-refractivity contribution in [1.29, 1.82) is 0 Å². The normalized spacial score (nSPS) is 10.8. The van der Waals surface area contributed by atoms with Crippen molar-refractivity contribution >= 4 is 12.1 Å². The highest BCUT2D eigenvalue weighted by Crippen LogP contribution is 2.09. The van der Waals surface area contributed by atoms with Gasteiger partial charge in [-0.25, -0.2) is 4.79 Å². The molecule has 0 aromatic heterocycles. The van der Waals surface area contributed by atoms with Gasteiger partial charge in [-0.2, -0.15) is 0 Å². The maximum absolute atomic E-state index is 12.6. The lowest BCUT2D eigenvalue weighted by Gasteiger charge is -2.21. The predicted molar refractivity (Wildman–Crippen MR) is 41.7 cm³/mol. The lowest BCUT2D eigenvalue weighted by Crippen LogP contribution is -2.34. The van der Waals surface area contributed by atoms with Gasteiger partial charge in [0.1, 0.15) is 5.60 Å². The molecule has 0 heterocycles. The monoisotopic (exact) mass is 193 g/mol. The minimum Gasteiger partial charge on any atom is -0.480 e. The molecule has 0 aliphatic rings. The van der Waals surface area contributed by atoms with Gasteiger partial charge in [-0.15, -0.1) is 5.12 Å². The van der Waals surface area contributed by atoms with Crippen LogP contribution < -0.4 is 0 Å². The summed E-state index contributed by atoms with van der Waals surface area (Å²) < 4.78 is 17.1. The molecule has 0 rings (SSSR count). The second-order valence-corrected chi connectivity index (χ2v) is 3.39. The molecule has 1 N–H and O–H groups in total. The fraction of sp³-hybridized carbons (Fsp3) is 0.714. The molecule has 6 heteroatoms. The molecule has 5 nitrogen and oxygen atoms in total. The summed E-state index contributed by atoms with van der Waals surface area (Å²) in [5.74, 6) is -1.44. The zero-order valence-electron chi connectivity index (χ0n) is 7.70. The Bertz CT molecular complexity index is 211. The van der Waals surface area contributed by atoms with Crippen LogP contribution in [0.3, 0.4) is 0 Å². The van der Waals surface area contributed by atoms with E-state index in [1.165, 1.54) is 0 Å². The fourth-order valence-corrected chi connectivity index (χ4v) is 0.495. The first-order valence-electron chi connectivity index (χ1n) is 3.60. The first-order chi connectivity index (χ1) is 5.72. The van der Waals surface area contributed by atoms with Crippen LogP contribution in [0.5, 0.6) is 0 Å². The lowest BCUT2D eigenvalue weighted by molar-refractivity contribution is -0.142. The predicted octanol–water partition coefficient (Wildman–Crippen LogP) is 1.19. The van der Waals surface area contributed by atoms with Crippen LogP contribution in [0.1, 0.15) is 20.8 Å². The van der Waals surface area contributed by atoms with E-state index in [1.54, 1.807) is 20.8 Å². The Kier molecular flexibility index (Phi) is 3.65. The molecule has 0 unspecified atom stereocenters. The summed E-state index contributed by atoms with van der Waals surface area (Å²) in [7, 11) is 0. The number of carbonyl (C=O) groups is 2. The number of ether oxygens (including phenoxy) is 1. The molecule has 0 spiro atoms. The summed E-state index contributed by atoms with van der Waals surface area (Å²) in [6.45, 7) is 3.65. The molecule has 1 amide bonds. The van der Waals surface area contributed by atoms with E-state index in [0.29, 0.717) is 0 Å². The maximum Gasteiger partial charge on any atom is 0.439 e. The Labute approximate surface area is 75.0 Å². The number of carboxylic acids is 1. The average molecular weight is 193 g/mol. The average Bonchev–Trinajstić information content (AvgIpc) is 1.81. The lowest BCUT2D eigenvalue weighted by atomic mass is 10.2. The van der Waals surface area contributed by atoms with Crippen molar-refractivity contribution in [1.82, 2.24) is 5.12 Å². The molecular formula is C7H12FNO4. The van der Waals surface area contributed by atoms with Gasteiger partial charge in [0.2, 0.25) is 0 Å². The van der Waals surface area contributed by atoms with Crippen LogP contribution in [0.15, 0.2) is 0 Å². The molecule has 13 heavy (non-hydrogen) atoms. The number of carboxylic acid groups (broad SMARTS) is 1. The molecule has 0 aliphatic heterocycles. The quantitative estimate of drug-likeness (QED) is 0.669. The van der Waals surface area contributed by atoms with Crippen LogP contribution in [0.25, 0.3) is 0 Å². The largest absolute Gasteiger partial charge is 0.480 e.